The molecule has 2 unspecified atom stereocenters. The first-order chi connectivity index (χ1) is 13.4. The van der Waals surface area contributed by atoms with Crippen LogP contribution >= 0.6 is 0 Å². The van der Waals surface area contributed by atoms with Gasteiger partial charge >= 0.3 is 17.9 Å². The first kappa shape index (κ1) is 26.3. The third-order valence-electron chi connectivity index (χ3n) is 4.31. The summed E-state index contributed by atoms with van der Waals surface area (Å²) in [6, 6.07) is 0. The van der Waals surface area contributed by atoms with Crippen LogP contribution in [0.4, 0.5) is 0 Å². The number of ether oxygens (including phenoxy) is 4. The number of aliphatic hydroxyl groups excluding tert-OH is 2. The largest absolute Gasteiger partial charge is 0.462 e. The fourth-order valence-corrected chi connectivity index (χ4v) is 2.31. The van der Waals surface area contributed by atoms with E-state index in [1.807, 2.05) is 0 Å². The molecule has 0 spiro atoms. The number of carbonyl (C=O) groups excluding carboxylic acids is 3. The summed E-state index contributed by atoms with van der Waals surface area (Å²) in [6.07, 6.45) is -6.96. The van der Waals surface area contributed by atoms with Gasteiger partial charge in [-0.3, -0.25) is 14.4 Å². The van der Waals surface area contributed by atoms with Crippen LogP contribution in [-0.2, 0) is 33.3 Å². The number of esters is 3. The zero-order valence-electron chi connectivity index (χ0n) is 19.3. The third-order valence-corrected chi connectivity index (χ3v) is 4.31. The van der Waals surface area contributed by atoms with Crippen molar-refractivity contribution in [2.45, 2.75) is 93.0 Å². The minimum Gasteiger partial charge on any atom is -0.462 e. The molecule has 0 aromatic rings. The summed E-state index contributed by atoms with van der Waals surface area (Å²) in [5, 5.41) is 20.8. The summed E-state index contributed by atoms with van der Waals surface area (Å²) >= 11 is 0. The van der Waals surface area contributed by atoms with Crippen molar-refractivity contribution in [3.8, 4) is 0 Å². The van der Waals surface area contributed by atoms with Crippen molar-refractivity contribution in [2.24, 2.45) is 16.2 Å². The molecule has 0 radical (unpaired) electrons. The Kier molecular flexibility index (Phi) is 8.07. The summed E-state index contributed by atoms with van der Waals surface area (Å²) in [5.74, 6) is -1.81. The molecular formula is C21H36O9. The van der Waals surface area contributed by atoms with Crippen LogP contribution in [0.15, 0.2) is 0 Å². The molecule has 1 aliphatic rings. The first-order valence-corrected chi connectivity index (χ1v) is 9.96. The van der Waals surface area contributed by atoms with E-state index < -0.39 is 71.5 Å². The molecule has 30 heavy (non-hydrogen) atoms. The van der Waals surface area contributed by atoms with Gasteiger partial charge in [0.25, 0.3) is 0 Å². The second kappa shape index (κ2) is 9.20. The van der Waals surface area contributed by atoms with E-state index in [1.165, 1.54) is 0 Å². The molecule has 0 saturated carbocycles. The third kappa shape index (κ3) is 6.92. The Bertz CT molecular complexity index is 636. The van der Waals surface area contributed by atoms with Gasteiger partial charge in [-0.05, 0) is 62.3 Å². The average Bonchev–Trinajstić information content (AvgIpc) is 2.86. The molecule has 1 saturated heterocycles. The Morgan fingerprint density at radius 2 is 1.20 bits per heavy atom. The lowest BCUT2D eigenvalue weighted by atomic mass is 9.96. The number of hydrogen-bond acceptors (Lipinski definition) is 9. The molecule has 174 valence electrons. The fraction of sp³-hybridized carbons (Fsp3) is 0.857. The van der Waals surface area contributed by atoms with E-state index in [-0.39, 0.29) is 0 Å². The smallest absolute Gasteiger partial charge is 0.311 e. The van der Waals surface area contributed by atoms with E-state index in [2.05, 4.69) is 0 Å². The van der Waals surface area contributed by atoms with Crippen molar-refractivity contribution in [1.82, 2.24) is 0 Å². The highest BCUT2D eigenvalue weighted by atomic mass is 16.7. The molecule has 2 N–H and O–H groups in total. The van der Waals surface area contributed by atoms with Gasteiger partial charge in [-0.15, -0.1) is 0 Å². The highest BCUT2D eigenvalue weighted by Gasteiger charge is 2.53. The van der Waals surface area contributed by atoms with Crippen molar-refractivity contribution < 1.29 is 43.5 Å². The summed E-state index contributed by atoms with van der Waals surface area (Å²) in [7, 11) is 0. The number of hydrogen-bond donors (Lipinski definition) is 2. The zero-order chi connectivity index (χ0) is 23.7. The van der Waals surface area contributed by atoms with Crippen LogP contribution in [0, 0.1) is 16.2 Å². The Balaban J connectivity index is 3.06. The Hall–Kier alpha value is -1.71. The van der Waals surface area contributed by atoms with Crippen molar-refractivity contribution >= 4 is 17.9 Å². The van der Waals surface area contributed by atoms with E-state index in [0.29, 0.717) is 0 Å². The maximum Gasteiger partial charge on any atom is 0.311 e. The Labute approximate surface area is 178 Å². The molecule has 1 aliphatic heterocycles. The zero-order valence-corrected chi connectivity index (χ0v) is 19.3. The van der Waals surface area contributed by atoms with Crippen LogP contribution in [0.3, 0.4) is 0 Å². The van der Waals surface area contributed by atoms with Crippen LogP contribution in [-0.4, -0.2) is 65.4 Å². The van der Waals surface area contributed by atoms with Crippen LogP contribution in [0.5, 0.6) is 0 Å². The highest BCUT2D eigenvalue weighted by molar-refractivity contribution is 5.77. The van der Waals surface area contributed by atoms with E-state index >= 15 is 0 Å². The molecule has 5 atom stereocenters. The molecule has 9 heteroatoms. The standard InChI is InChI=1S/C21H36O9/c1-19(2,3)16(24)27-10-11(22)12-13(29-17(25)20(4,5)6)14(15(23)28-12)30-18(26)21(7,8)9/h11-15,22-23H,10H2,1-9H3/t11?,12-,13-,14?,15+/m0/s1. The SMILES string of the molecule is CC(C)(C)C(=O)OCC(O)[C@@H]1O[C@@H](O)C(OC(=O)C(C)(C)C)[C@H]1OC(=O)C(C)(C)C. The van der Waals surface area contributed by atoms with Crippen LogP contribution in [0.25, 0.3) is 0 Å². The van der Waals surface area contributed by atoms with Gasteiger partial charge in [0, 0.05) is 0 Å². The van der Waals surface area contributed by atoms with Gasteiger partial charge in [-0.1, -0.05) is 0 Å². The van der Waals surface area contributed by atoms with Crippen LogP contribution in [0.1, 0.15) is 62.3 Å². The molecule has 1 rings (SSSR count). The highest BCUT2D eigenvalue weighted by Crippen LogP contribution is 2.32. The normalized spacial score (nSPS) is 26.1. The molecule has 9 nitrogen and oxygen atoms in total. The maximum absolute atomic E-state index is 12.5. The van der Waals surface area contributed by atoms with E-state index in [1.54, 1.807) is 62.3 Å². The minimum absolute atomic E-state index is 0.447. The van der Waals surface area contributed by atoms with Gasteiger partial charge in [0.05, 0.1) is 16.2 Å². The molecule has 0 aromatic carbocycles. The predicted octanol–water partition coefficient (Wildman–Crippen LogP) is 1.57. The van der Waals surface area contributed by atoms with Crippen molar-refractivity contribution in [1.29, 1.82) is 0 Å². The van der Waals surface area contributed by atoms with Crippen molar-refractivity contribution in [2.75, 3.05) is 6.61 Å². The van der Waals surface area contributed by atoms with Crippen molar-refractivity contribution in [3.63, 3.8) is 0 Å². The predicted molar refractivity (Wildman–Crippen MR) is 106 cm³/mol. The van der Waals surface area contributed by atoms with Crippen LogP contribution < -0.4 is 0 Å². The maximum atomic E-state index is 12.5. The monoisotopic (exact) mass is 432 g/mol. The summed E-state index contributed by atoms with van der Waals surface area (Å²) < 4.78 is 21.3. The van der Waals surface area contributed by atoms with Gasteiger partial charge in [0.1, 0.15) is 18.8 Å². The lowest BCUT2D eigenvalue weighted by Crippen LogP contribution is -2.48. The Morgan fingerprint density at radius 3 is 1.60 bits per heavy atom. The van der Waals surface area contributed by atoms with Gasteiger partial charge in [-0.2, -0.15) is 0 Å². The van der Waals surface area contributed by atoms with Crippen LogP contribution in [0.2, 0.25) is 0 Å². The van der Waals surface area contributed by atoms with Gasteiger partial charge in [0.2, 0.25) is 0 Å². The molecule has 1 heterocycles. The summed E-state index contributed by atoms with van der Waals surface area (Å²) in [6.45, 7) is 14.3. The molecule has 1 fully saturated rings. The number of aliphatic hydroxyl groups is 2. The fourth-order valence-electron chi connectivity index (χ4n) is 2.31. The van der Waals surface area contributed by atoms with Gasteiger partial charge in [0.15, 0.2) is 18.5 Å². The second-order valence-corrected chi connectivity index (χ2v) is 10.6. The molecular weight excluding hydrogens is 396 g/mol. The summed E-state index contributed by atoms with van der Waals surface area (Å²) in [5.41, 5.74) is -2.55. The van der Waals surface area contributed by atoms with E-state index in [9.17, 15) is 24.6 Å². The van der Waals surface area contributed by atoms with Gasteiger partial charge in [-0.25, -0.2) is 0 Å². The lowest BCUT2D eigenvalue weighted by molar-refractivity contribution is -0.186. The first-order valence-electron chi connectivity index (χ1n) is 9.96. The van der Waals surface area contributed by atoms with E-state index in [0.717, 1.165) is 0 Å². The van der Waals surface area contributed by atoms with E-state index in [4.69, 9.17) is 18.9 Å². The molecule has 0 aliphatic carbocycles. The van der Waals surface area contributed by atoms with Crippen molar-refractivity contribution in [3.05, 3.63) is 0 Å². The molecule has 0 aromatic heterocycles. The summed E-state index contributed by atoms with van der Waals surface area (Å²) in [4.78, 5) is 36.8. The Morgan fingerprint density at radius 1 is 0.800 bits per heavy atom. The lowest BCUT2D eigenvalue weighted by Gasteiger charge is -2.30. The number of carbonyl (C=O) groups is 3. The molecule has 0 amide bonds. The topological polar surface area (TPSA) is 129 Å². The van der Waals surface area contributed by atoms with Gasteiger partial charge < -0.3 is 29.2 Å². The minimum atomic E-state index is -1.63. The average molecular weight is 433 g/mol. The molecule has 0 bridgehead atoms. The second-order valence-electron chi connectivity index (χ2n) is 10.6. The number of rotatable bonds is 5. The quantitative estimate of drug-likeness (QED) is 0.491.